The Kier molecular flexibility index (Phi) is 59.7. The normalized spacial score (nSPS) is 12.3. The molecule has 1 atom stereocenters. The molecule has 0 N–H and O–H groups in total. The van der Waals surface area contributed by atoms with Crippen molar-refractivity contribution in [3.63, 3.8) is 0 Å². The molecule has 0 saturated carbocycles. The van der Waals surface area contributed by atoms with E-state index in [1.165, 1.54) is 218 Å². The largest absolute Gasteiger partial charge is 0.462 e. The second-order valence-electron chi connectivity index (χ2n) is 21.7. The third-order valence-corrected chi connectivity index (χ3v) is 14.3. The third kappa shape index (κ3) is 60.1. The summed E-state index contributed by atoms with van der Waals surface area (Å²) in [4.78, 5) is 38.0. The number of unbranched alkanes of at least 4 members (excludes halogenated alkanes) is 40. The molecule has 0 aliphatic heterocycles. The molecule has 0 aromatic rings. The Hall–Kier alpha value is -2.63. The van der Waals surface area contributed by atoms with Crippen molar-refractivity contribution < 1.29 is 28.6 Å². The lowest BCUT2D eigenvalue weighted by molar-refractivity contribution is -0.167. The van der Waals surface area contributed by atoms with Gasteiger partial charge in [0, 0.05) is 19.3 Å². The fourth-order valence-corrected chi connectivity index (χ4v) is 9.56. The smallest absolute Gasteiger partial charge is 0.306 e. The predicted molar refractivity (Wildman–Crippen MR) is 316 cm³/mol. The lowest BCUT2D eigenvalue weighted by atomic mass is 10.0. The molecule has 0 aliphatic carbocycles. The topological polar surface area (TPSA) is 78.9 Å². The van der Waals surface area contributed by atoms with E-state index in [1.54, 1.807) is 0 Å². The first kappa shape index (κ1) is 70.4. The highest BCUT2D eigenvalue weighted by Gasteiger charge is 2.19. The van der Waals surface area contributed by atoms with Crippen molar-refractivity contribution in [3.05, 3.63) is 48.6 Å². The minimum Gasteiger partial charge on any atom is -0.462 e. The molecule has 0 spiro atoms. The first-order chi connectivity index (χ1) is 36.0. The number of carbonyl (C=O) groups is 3. The molecule has 426 valence electrons. The van der Waals surface area contributed by atoms with Crippen LogP contribution in [-0.4, -0.2) is 37.2 Å². The lowest BCUT2D eigenvalue weighted by Gasteiger charge is -2.18. The van der Waals surface area contributed by atoms with Crippen LogP contribution in [0.25, 0.3) is 0 Å². The van der Waals surface area contributed by atoms with Crippen molar-refractivity contribution in [2.45, 2.75) is 348 Å². The second-order valence-corrected chi connectivity index (χ2v) is 21.7. The van der Waals surface area contributed by atoms with E-state index in [-0.39, 0.29) is 37.5 Å². The Morgan fingerprint density at radius 2 is 0.534 bits per heavy atom. The minimum atomic E-state index is -0.790. The van der Waals surface area contributed by atoms with E-state index in [0.29, 0.717) is 19.3 Å². The molecule has 0 aromatic heterocycles. The van der Waals surface area contributed by atoms with Gasteiger partial charge in [-0.05, 0) is 57.8 Å². The van der Waals surface area contributed by atoms with Crippen molar-refractivity contribution >= 4 is 17.9 Å². The predicted octanol–water partition coefficient (Wildman–Crippen LogP) is 21.8. The highest BCUT2D eigenvalue weighted by molar-refractivity contribution is 5.71. The molecule has 0 aromatic carbocycles. The van der Waals surface area contributed by atoms with E-state index in [4.69, 9.17) is 14.2 Å². The molecule has 6 heteroatoms. The maximum absolute atomic E-state index is 12.8. The highest BCUT2D eigenvalue weighted by Crippen LogP contribution is 2.18. The van der Waals surface area contributed by atoms with Crippen LogP contribution in [0.1, 0.15) is 342 Å². The standard InChI is InChI=1S/C67H122O6/c1-4-7-10-13-16-19-21-23-25-26-27-28-29-30-31-32-33-34-35-36-37-38-39-40-41-43-44-46-48-51-54-57-60-66(69)72-63-64(62-71-65(68)59-56-53-50-18-15-12-9-6-3)73-67(70)61-58-55-52-49-47-45-42-24-22-20-17-14-11-8-5-2/h8,11,17,20,24,42,47,49,64H,4-7,9-10,12-16,18-19,21-23,25-41,43-46,48,50-63H2,1-3H3/b11-8-,20-17-,42-24-,49-47-. The summed E-state index contributed by atoms with van der Waals surface area (Å²) in [5.74, 6) is -0.917. The molecule has 0 bridgehead atoms. The van der Waals surface area contributed by atoms with Crippen LogP contribution in [0.2, 0.25) is 0 Å². The highest BCUT2D eigenvalue weighted by atomic mass is 16.6. The third-order valence-electron chi connectivity index (χ3n) is 14.3. The Bertz CT molecular complexity index is 1270. The van der Waals surface area contributed by atoms with Gasteiger partial charge in [-0.25, -0.2) is 0 Å². The van der Waals surface area contributed by atoms with Crippen LogP contribution >= 0.6 is 0 Å². The maximum Gasteiger partial charge on any atom is 0.306 e. The second kappa shape index (κ2) is 61.9. The molecule has 73 heavy (non-hydrogen) atoms. The van der Waals surface area contributed by atoms with Gasteiger partial charge in [0.1, 0.15) is 13.2 Å². The van der Waals surface area contributed by atoms with Gasteiger partial charge in [0.2, 0.25) is 0 Å². The van der Waals surface area contributed by atoms with Crippen LogP contribution in [0.5, 0.6) is 0 Å². The van der Waals surface area contributed by atoms with Gasteiger partial charge in [-0.3, -0.25) is 14.4 Å². The summed E-state index contributed by atoms with van der Waals surface area (Å²) in [5.41, 5.74) is 0. The zero-order valence-corrected chi connectivity index (χ0v) is 48.9. The van der Waals surface area contributed by atoms with Crippen LogP contribution in [-0.2, 0) is 28.6 Å². The summed E-state index contributed by atoms with van der Waals surface area (Å²) in [6, 6.07) is 0. The quantitative estimate of drug-likeness (QED) is 0.0261. The zero-order valence-electron chi connectivity index (χ0n) is 48.9. The average Bonchev–Trinajstić information content (AvgIpc) is 3.39. The van der Waals surface area contributed by atoms with E-state index < -0.39 is 6.10 Å². The molecule has 6 nitrogen and oxygen atoms in total. The average molecular weight is 1020 g/mol. The summed E-state index contributed by atoms with van der Waals surface area (Å²) in [6.45, 7) is 6.50. The molecular weight excluding hydrogens is 901 g/mol. The molecule has 1 unspecified atom stereocenters. The van der Waals surface area contributed by atoms with E-state index in [9.17, 15) is 14.4 Å². The van der Waals surface area contributed by atoms with Gasteiger partial charge < -0.3 is 14.2 Å². The molecule has 0 radical (unpaired) electrons. The first-order valence-corrected chi connectivity index (χ1v) is 32.1. The number of hydrogen-bond donors (Lipinski definition) is 0. The number of allylic oxidation sites excluding steroid dienone is 8. The minimum absolute atomic E-state index is 0.0861. The van der Waals surface area contributed by atoms with Gasteiger partial charge in [0.25, 0.3) is 0 Å². The summed E-state index contributed by atoms with van der Waals surface area (Å²) < 4.78 is 16.8. The molecule has 0 rings (SSSR count). The van der Waals surface area contributed by atoms with E-state index in [2.05, 4.69) is 69.4 Å². The SMILES string of the molecule is CC/C=C\C/C=C\C/C=C\C/C=C\CCCCC(=O)OC(COC(=O)CCCCCCCCCC)COC(=O)CCCCCCCCCCCCCCCCCCCCCCCCCCCCCCCCCC. The maximum atomic E-state index is 12.8. The Labute approximate surface area is 454 Å². The van der Waals surface area contributed by atoms with Crippen LogP contribution in [0, 0.1) is 0 Å². The molecule has 0 amide bonds. The van der Waals surface area contributed by atoms with E-state index >= 15 is 0 Å². The fourth-order valence-electron chi connectivity index (χ4n) is 9.56. The fraction of sp³-hybridized carbons (Fsp3) is 0.836. The Morgan fingerprint density at radius 3 is 0.836 bits per heavy atom. The van der Waals surface area contributed by atoms with Crippen molar-refractivity contribution in [3.8, 4) is 0 Å². The molecule has 0 aliphatic rings. The summed E-state index contributed by atoms with van der Waals surface area (Å²) in [7, 11) is 0. The van der Waals surface area contributed by atoms with Gasteiger partial charge >= 0.3 is 17.9 Å². The van der Waals surface area contributed by atoms with Gasteiger partial charge in [-0.2, -0.15) is 0 Å². The Balaban J connectivity index is 4.01. The summed E-state index contributed by atoms with van der Waals surface area (Å²) in [6.07, 6.45) is 77.5. The summed E-state index contributed by atoms with van der Waals surface area (Å²) in [5, 5.41) is 0. The van der Waals surface area contributed by atoms with Gasteiger partial charge in [-0.15, -0.1) is 0 Å². The van der Waals surface area contributed by atoms with Crippen LogP contribution in [0.4, 0.5) is 0 Å². The van der Waals surface area contributed by atoms with Crippen molar-refractivity contribution in [1.29, 1.82) is 0 Å². The molecule has 0 fully saturated rings. The van der Waals surface area contributed by atoms with E-state index in [1.807, 2.05) is 0 Å². The first-order valence-electron chi connectivity index (χ1n) is 32.1. The van der Waals surface area contributed by atoms with Gasteiger partial charge in [-0.1, -0.05) is 313 Å². The number of carbonyl (C=O) groups excluding carboxylic acids is 3. The molecule has 0 saturated heterocycles. The van der Waals surface area contributed by atoms with Crippen LogP contribution < -0.4 is 0 Å². The van der Waals surface area contributed by atoms with Gasteiger partial charge in [0.05, 0.1) is 0 Å². The van der Waals surface area contributed by atoms with Gasteiger partial charge in [0.15, 0.2) is 6.10 Å². The van der Waals surface area contributed by atoms with Crippen LogP contribution in [0.3, 0.4) is 0 Å². The Morgan fingerprint density at radius 1 is 0.288 bits per heavy atom. The monoisotopic (exact) mass is 1020 g/mol. The number of ether oxygens (including phenoxy) is 3. The molecule has 0 heterocycles. The molecular formula is C67H122O6. The lowest BCUT2D eigenvalue weighted by Crippen LogP contribution is -2.30. The number of rotatable bonds is 59. The summed E-state index contributed by atoms with van der Waals surface area (Å²) >= 11 is 0. The van der Waals surface area contributed by atoms with Crippen molar-refractivity contribution in [2.24, 2.45) is 0 Å². The van der Waals surface area contributed by atoms with Crippen molar-refractivity contribution in [1.82, 2.24) is 0 Å². The number of esters is 3. The number of hydrogen-bond acceptors (Lipinski definition) is 6. The van der Waals surface area contributed by atoms with E-state index in [0.717, 1.165) is 77.0 Å². The van der Waals surface area contributed by atoms with Crippen LogP contribution in [0.15, 0.2) is 48.6 Å². The van der Waals surface area contributed by atoms with Crippen molar-refractivity contribution in [2.75, 3.05) is 13.2 Å². The zero-order chi connectivity index (χ0) is 52.9.